The predicted octanol–water partition coefficient (Wildman–Crippen LogP) is 5.22. The zero-order valence-corrected chi connectivity index (χ0v) is 11.3. The largest absolute Gasteiger partial charge is 0.0956 e. The molecule has 0 nitrogen and oxygen atoms in total. The van der Waals surface area contributed by atoms with E-state index in [0.29, 0.717) is 5.92 Å². The standard InChI is InChI=1S/C16H24/c1-12(2)8-9-15(6)16(7)11-10-14(5)13(3)4/h8-11,13H,5,7H2,1-4,6H3/b11-10-,15-9+. The number of allylic oxidation sites excluding steroid dienone is 8. The summed E-state index contributed by atoms with van der Waals surface area (Å²) < 4.78 is 0. The third-order valence-corrected chi connectivity index (χ3v) is 2.41. The van der Waals surface area contributed by atoms with Crippen LogP contribution in [0.25, 0.3) is 0 Å². The molecule has 0 saturated carbocycles. The van der Waals surface area contributed by atoms with Gasteiger partial charge in [0.25, 0.3) is 0 Å². The maximum atomic E-state index is 4.04. The van der Waals surface area contributed by atoms with Crippen LogP contribution in [0.15, 0.2) is 59.8 Å². The summed E-state index contributed by atoms with van der Waals surface area (Å²) in [6.45, 7) is 18.6. The first-order valence-electron chi connectivity index (χ1n) is 5.72. The van der Waals surface area contributed by atoms with Crippen molar-refractivity contribution in [2.75, 3.05) is 0 Å². The fraction of sp³-hybridized carbons (Fsp3) is 0.375. The second-order valence-corrected chi connectivity index (χ2v) is 4.68. The van der Waals surface area contributed by atoms with E-state index in [-0.39, 0.29) is 0 Å². The maximum Gasteiger partial charge on any atom is -0.0225 e. The second-order valence-electron chi connectivity index (χ2n) is 4.68. The fourth-order valence-electron chi connectivity index (χ4n) is 0.930. The molecule has 0 aromatic rings. The van der Waals surface area contributed by atoms with Gasteiger partial charge >= 0.3 is 0 Å². The number of rotatable bonds is 5. The number of hydrogen-bond acceptors (Lipinski definition) is 0. The Balaban J connectivity index is 4.54. The molecule has 0 fully saturated rings. The molecular formula is C16H24. The third kappa shape index (κ3) is 6.23. The van der Waals surface area contributed by atoms with E-state index in [9.17, 15) is 0 Å². The Morgan fingerprint density at radius 2 is 1.50 bits per heavy atom. The molecule has 0 heterocycles. The van der Waals surface area contributed by atoms with Crippen LogP contribution in [-0.4, -0.2) is 0 Å². The first-order chi connectivity index (χ1) is 7.34. The van der Waals surface area contributed by atoms with E-state index in [1.165, 1.54) is 11.1 Å². The van der Waals surface area contributed by atoms with Gasteiger partial charge in [0.05, 0.1) is 0 Å². The monoisotopic (exact) mass is 216 g/mol. The van der Waals surface area contributed by atoms with Crippen LogP contribution in [0.1, 0.15) is 34.6 Å². The van der Waals surface area contributed by atoms with E-state index < -0.39 is 0 Å². The van der Waals surface area contributed by atoms with Crippen LogP contribution in [0.2, 0.25) is 0 Å². The molecule has 0 radical (unpaired) electrons. The SMILES string of the molecule is C=C(/C=C\C(=C)C(C)C)/C(C)=C/C=C(C)C. The Bertz CT molecular complexity index is 342. The summed E-state index contributed by atoms with van der Waals surface area (Å²) >= 11 is 0. The summed E-state index contributed by atoms with van der Waals surface area (Å²) in [7, 11) is 0. The van der Waals surface area contributed by atoms with Crippen molar-refractivity contribution in [1.29, 1.82) is 0 Å². The molecule has 0 saturated heterocycles. The molecule has 88 valence electrons. The van der Waals surface area contributed by atoms with Crippen molar-refractivity contribution >= 4 is 0 Å². The molecule has 0 amide bonds. The van der Waals surface area contributed by atoms with E-state index in [1.54, 1.807) is 0 Å². The van der Waals surface area contributed by atoms with Gasteiger partial charge in [0.1, 0.15) is 0 Å². The Labute approximate surface area is 101 Å². The molecule has 0 aromatic carbocycles. The van der Waals surface area contributed by atoms with Crippen LogP contribution in [0.4, 0.5) is 0 Å². The van der Waals surface area contributed by atoms with Crippen LogP contribution < -0.4 is 0 Å². The van der Waals surface area contributed by atoms with Crippen LogP contribution in [-0.2, 0) is 0 Å². The van der Waals surface area contributed by atoms with Crippen molar-refractivity contribution < 1.29 is 0 Å². The summed E-state index contributed by atoms with van der Waals surface area (Å²) in [6.07, 6.45) is 8.28. The predicted molar refractivity (Wildman–Crippen MR) is 75.4 cm³/mol. The summed E-state index contributed by atoms with van der Waals surface area (Å²) in [5.41, 5.74) is 4.66. The molecule has 0 rings (SSSR count). The topological polar surface area (TPSA) is 0 Å². The lowest BCUT2D eigenvalue weighted by molar-refractivity contribution is 0.795. The Kier molecular flexibility index (Phi) is 6.48. The van der Waals surface area contributed by atoms with Gasteiger partial charge in [-0.3, -0.25) is 0 Å². The lowest BCUT2D eigenvalue weighted by Gasteiger charge is -2.04. The highest BCUT2D eigenvalue weighted by molar-refractivity contribution is 5.40. The van der Waals surface area contributed by atoms with Gasteiger partial charge in [-0.1, -0.05) is 62.5 Å². The lowest BCUT2D eigenvalue weighted by atomic mass is 10.0. The smallest absolute Gasteiger partial charge is 0.0225 e. The lowest BCUT2D eigenvalue weighted by Crippen LogP contribution is -1.88. The Hall–Kier alpha value is -1.30. The second kappa shape index (κ2) is 7.05. The van der Waals surface area contributed by atoms with Gasteiger partial charge in [0.15, 0.2) is 0 Å². The van der Waals surface area contributed by atoms with E-state index >= 15 is 0 Å². The van der Waals surface area contributed by atoms with Gasteiger partial charge < -0.3 is 0 Å². The van der Waals surface area contributed by atoms with Crippen LogP contribution in [0, 0.1) is 5.92 Å². The van der Waals surface area contributed by atoms with Gasteiger partial charge in [0.2, 0.25) is 0 Å². The molecule has 0 unspecified atom stereocenters. The highest BCUT2D eigenvalue weighted by atomic mass is 14.0. The summed E-state index contributed by atoms with van der Waals surface area (Å²) in [6, 6.07) is 0. The first kappa shape index (κ1) is 14.7. The molecule has 0 aliphatic carbocycles. The summed E-state index contributed by atoms with van der Waals surface area (Å²) in [5.74, 6) is 0.492. The summed E-state index contributed by atoms with van der Waals surface area (Å²) in [4.78, 5) is 0. The molecule has 0 heteroatoms. The third-order valence-electron chi connectivity index (χ3n) is 2.41. The Morgan fingerprint density at radius 3 is 1.94 bits per heavy atom. The molecule has 0 N–H and O–H groups in total. The quantitative estimate of drug-likeness (QED) is 0.552. The minimum atomic E-state index is 0.492. The molecule has 0 atom stereocenters. The molecule has 0 aromatic heterocycles. The van der Waals surface area contributed by atoms with E-state index in [4.69, 9.17) is 0 Å². The zero-order chi connectivity index (χ0) is 12.7. The van der Waals surface area contributed by atoms with Crippen molar-refractivity contribution in [3.05, 3.63) is 59.8 Å². The minimum Gasteiger partial charge on any atom is -0.0956 e. The van der Waals surface area contributed by atoms with Crippen molar-refractivity contribution in [2.45, 2.75) is 34.6 Å². The highest BCUT2D eigenvalue weighted by Crippen LogP contribution is 2.13. The van der Waals surface area contributed by atoms with Gasteiger partial charge in [-0.2, -0.15) is 0 Å². The molecule has 0 aliphatic rings. The normalized spacial score (nSPS) is 12.0. The first-order valence-corrected chi connectivity index (χ1v) is 5.72. The fourth-order valence-corrected chi connectivity index (χ4v) is 0.930. The average Bonchev–Trinajstić information content (AvgIpc) is 2.21. The van der Waals surface area contributed by atoms with Crippen molar-refractivity contribution in [2.24, 2.45) is 5.92 Å². The van der Waals surface area contributed by atoms with Crippen molar-refractivity contribution in [3.63, 3.8) is 0 Å². The number of hydrogen-bond donors (Lipinski definition) is 0. The summed E-state index contributed by atoms with van der Waals surface area (Å²) in [5, 5.41) is 0. The maximum absolute atomic E-state index is 4.04. The van der Waals surface area contributed by atoms with Gasteiger partial charge in [-0.15, -0.1) is 0 Å². The van der Waals surface area contributed by atoms with Crippen molar-refractivity contribution in [1.82, 2.24) is 0 Å². The molecule has 16 heavy (non-hydrogen) atoms. The van der Waals surface area contributed by atoms with Crippen LogP contribution in [0.5, 0.6) is 0 Å². The van der Waals surface area contributed by atoms with Gasteiger partial charge in [0, 0.05) is 0 Å². The highest BCUT2D eigenvalue weighted by Gasteiger charge is 1.95. The zero-order valence-electron chi connectivity index (χ0n) is 11.3. The molecule has 0 spiro atoms. The molecule has 0 aliphatic heterocycles. The van der Waals surface area contributed by atoms with Crippen LogP contribution >= 0.6 is 0 Å². The minimum absolute atomic E-state index is 0.492. The van der Waals surface area contributed by atoms with E-state index in [1.807, 2.05) is 12.2 Å². The van der Waals surface area contributed by atoms with Gasteiger partial charge in [-0.05, 0) is 37.8 Å². The van der Waals surface area contributed by atoms with Gasteiger partial charge in [-0.25, -0.2) is 0 Å². The molecular weight excluding hydrogens is 192 g/mol. The van der Waals surface area contributed by atoms with Crippen molar-refractivity contribution in [3.8, 4) is 0 Å². The van der Waals surface area contributed by atoms with E-state index in [0.717, 1.165) is 11.1 Å². The Morgan fingerprint density at radius 1 is 0.938 bits per heavy atom. The van der Waals surface area contributed by atoms with E-state index in [2.05, 4.69) is 59.9 Å². The molecule has 0 bridgehead atoms. The average molecular weight is 216 g/mol. The van der Waals surface area contributed by atoms with Crippen LogP contribution in [0.3, 0.4) is 0 Å².